The summed E-state index contributed by atoms with van der Waals surface area (Å²) >= 11 is 0. The van der Waals surface area contributed by atoms with Crippen LogP contribution in [0, 0.1) is 6.92 Å². The van der Waals surface area contributed by atoms with E-state index in [9.17, 15) is 4.79 Å². The third kappa shape index (κ3) is 4.04. The van der Waals surface area contributed by atoms with Crippen LogP contribution in [0.15, 0.2) is 55.1 Å². The molecule has 0 saturated heterocycles. The quantitative estimate of drug-likeness (QED) is 0.743. The van der Waals surface area contributed by atoms with Crippen molar-refractivity contribution in [3.05, 3.63) is 66.3 Å². The lowest BCUT2D eigenvalue weighted by molar-refractivity contribution is -0.117. The van der Waals surface area contributed by atoms with E-state index in [0.717, 1.165) is 36.4 Å². The molecular weight excluding hydrogens is 352 g/mol. The van der Waals surface area contributed by atoms with Crippen molar-refractivity contribution in [1.82, 2.24) is 24.5 Å². The molecule has 3 aromatic rings. The molecule has 2 aromatic heterocycles. The second-order valence-electron chi connectivity index (χ2n) is 7.13. The highest BCUT2D eigenvalue weighted by Gasteiger charge is 2.17. The van der Waals surface area contributed by atoms with Gasteiger partial charge in [-0.25, -0.2) is 4.68 Å². The van der Waals surface area contributed by atoms with Crippen LogP contribution in [-0.2, 0) is 11.8 Å². The van der Waals surface area contributed by atoms with E-state index in [-0.39, 0.29) is 5.91 Å². The van der Waals surface area contributed by atoms with Crippen LogP contribution in [0.4, 0.5) is 5.69 Å². The van der Waals surface area contributed by atoms with E-state index in [2.05, 4.69) is 51.7 Å². The summed E-state index contributed by atoms with van der Waals surface area (Å²) in [5.41, 5.74) is 5.44. The fraction of sp³-hybridized carbons (Fsp3) is 0.286. The number of aryl methyl sites for hydroxylation is 2. The first-order valence-corrected chi connectivity index (χ1v) is 9.39. The smallest absolute Gasteiger partial charge is 0.238 e. The SMILES string of the molecule is Cc1ccccc1-n1cc(C2=CCN(CC(=O)Nc3cnn(C)c3)CC2)cn1. The molecule has 3 heterocycles. The number of aromatic nitrogens is 4. The van der Waals surface area contributed by atoms with Crippen LogP contribution in [0.2, 0.25) is 0 Å². The van der Waals surface area contributed by atoms with Crippen LogP contribution >= 0.6 is 0 Å². The molecule has 1 amide bonds. The maximum Gasteiger partial charge on any atom is 0.238 e. The second-order valence-corrected chi connectivity index (χ2v) is 7.13. The van der Waals surface area contributed by atoms with Crippen LogP contribution in [-0.4, -0.2) is 50.0 Å². The molecule has 0 radical (unpaired) electrons. The standard InChI is InChI=1S/C21H24N6O/c1-16-5-3-4-6-20(16)27-13-18(11-23-27)17-7-9-26(10-8-17)15-21(28)24-19-12-22-25(2)14-19/h3-7,11-14H,8-10,15H2,1-2H3,(H,24,28). The first kappa shape index (κ1) is 18.2. The average molecular weight is 376 g/mol. The van der Waals surface area contributed by atoms with E-state index < -0.39 is 0 Å². The Hall–Kier alpha value is -3.19. The van der Waals surface area contributed by atoms with Crippen molar-refractivity contribution in [2.75, 3.05) is 25.0 Å². The van der Waals surface area contributed by atoms with E-state index in [1.165, 1.54) is 11.1 Å². The van der Waals surface area contributed by atoms with Gasteiger partial charge >= 0.3 is 0 Å². The highest BCUT2D eigenvalue weighted by molar-refractivity contribution is 5.92. The summed E-state index contributed by atoms with van der Waals surface area (Å²) < 4.78 is 3.60. The Bertz CT molecular complexity index is 1020. The normalized spacial score (nSPS) is 14.7. The van der Waals surface area contributed by atoms with E-state index in [1.807, 2.05) is 30.1 Å². The van der Waals surface area contributed by atoms with Gasteiger partial charge in [0.2, 0.25) is 5.91 Å². The number of benzene rings is 1. The number of carbonyl (C=O) groups excluding carboxylic acids is 1. The van der Waals surface area contributed by atoms with Gasteiger partial charge in [0, 0.05) is 38.1 Å². The summed E-state index contributed by atoms with van der Waals surface area (Å²) in [4.78, 5) is 14.3. The van der Waals surface area contributed by atoms with Gasteiger partial charge < -0.3 is 5.32 Å². The van der Waals surface area contributed by atoms with Gasteiger partial charge in [-0.05, 0) is 30.5 Å². The minimum absolute atomic E-state index is 0.0165. The second kappa shape index (κ2) is 7.82. The highest BCUT2D eigenvalue weighted by atomic mass is 16.2. The number of para-hydroxylation sites is 1. The van der Waals surface area contributed by atoms with Crippen LogP contribution in [0.5, 0.6) is 0 Å². The van der Waals surface area contributed by atoms with Crippen molar-refractivity contribution in [3.8, 4) is 5.69 Å². The van der Waals surface area contributed by atoms with Gasteiger partial charge in [-0.3, -0.25) is 14.4 Å². The Morgan fingerprint density at radius 1 is 1.18 bits per heavy atom. The lowest BCUT2D eigenvalue weighted by atomic mass is 10.0. The molecule has 7 heteroatoms. The molecule has 4 rings (SSSR count). The topological polar surface area (TPSA) is 68.0 Å². The molecule has 0 bridgehead atoms. The Morgan fingerprint density at radius 3 is 2.75 bits per heavy atom. The molecule has 28 heavy (non-hydrogen) atoms. The number of nitrogens with one attached hydrogen (secondary N) is 1. The molecule has 0 spiro atoms. The number of carbonyl (C=O) groups is 1. The van der Waals surface area contributed by atoms with Gasteiger partial charge in [0.05, 0.1) is 30.3 Å². The summed E-state index contributed by atoms with van der Waals surface area (Å²) in [6, 6.07) is 8.22. The van der Waals surface area contributed by atoms with Gasteiger partial charge in [0.15, 0.2) is 0 Å². The van der Waals surface area contributed by atoms with Gasteiger partial charge in [-0.1, -0.05) is 24.3 Å². The number of amides is 1. The number of anilines is 1. The summed E-state index contributed by atoms with van der Waals surface area (Å²) in [5.74, 6) is -0.0165. The first-order chi connectivity index (χ1) is 13.6. The molecule has 1 aromatic carbocycles. The van der Waals surface area contributed by atoms with Crippen molar-refractivity contribution < 1.29 is 4.79 Å². The fourth-order valence-corrected chi connectivity index (χ4v) is 3.45. The minimum atomic E-state index is -0.0165. The largest absolute Gasteiger partial charge is 0.322 e. The Morgan fingerprint density at radius 2 is 2.04 bits per heavy atom. The van der Waals surface area contributed by atoms with Gasteiger partial charge in [0.25, 0.3) is 0 Å². The summed E-state index contributed by atoms with van der Waals surface area (Å²) in [7, 11) is 1.83. The lowest BCUT2D eigenvalue weighted by Gasteiger charge is -2.25. The predicted molar refractivity (Wildman–Crippen MR) is 109 cm³/mol. The third-order valence-corrected chi connectivity index (χ3v) is 4.96. The maximum absolute atomic E-state index is 12.2. The maximum atomic E-state index is 12.2. The molecule has 0 unspecified atom stereocenters. The van der Waals surface area contributed by atoms with Gasteiger partial charge in [-0.2, -0.15) is 10.2 Å². The van der Waals surface area contributed by atoms with Gasteiger partial charge in [0.1, 0.15) is 0 Å². The third-order valence-electron chi connectivity index (χ3n) is 4.96. The highest BCUT2D eigenvalue weighted by Crippen LogP contribution is 2.23. The monoisotopic (exact) mass is 376 g/mol. The number of nitrogens with zero attached hydrogens (tertiary/aromatic N) is 5. The summed E-state index contributed by atoms with van der Waals surface area (Å²) in [6.07, 6.45) is 10.5. The number of hydrogen-bond acceptors (Lipinski definition) is 4. The zero-order valence-corrected chi connectivity index (χ0v) is 16.2. The first-order valence-electron chi connectivity index (χ1n) is 9.39. The molecule has 1 aliphatic heterocycles. The zero-order valence-electron chi connectivity index (χ0n) is 16.2. The Balaban J connectivity index is 1.36. The summed E-state index contributed by atoms with van der Waals surface area (Å²) in [6.45, 7) is 4.07. The molecular formula is C21H24N6O. The van der Waals surface area contributed by atoms with Crippen molar-refractivity contribution >= 4 is 17.2 Å². The van der Waals surface area contributed by atoms with Gasteiger partial charge in [-0.15, -0.1) is 0 Å². The van der Waals surface area contributed by atoms with Crippen LogP contribution in [0.1, 0.15) is 17.5 Å². The van der Waals surface area contributed by atoms with Crippen LogP contribution in [0.25, 0.3) is 11.3 Å². The van der Waals surface area contributed by atoms with E-state index in [4.69, 9.17) is 0 Å². The zero-order chi connectivity index (χ0) is 19.5. The molecule has 144 valence electrons. The number of rotatable bonds is 5. The van der Waals surface area contributed by atoms with E-state index in [0.29, 0.717) is 6.54 Å². The van der Waals surface area contributed by atoms with Crippen molar-refractivity contribution in [1.29, 1.82) is 0 Å². The molecule has 0 atom stereocenters. The van der Waals surface area contributed by atoms with Crippen LogP contribution in [0.3, 0.4) is 0 Å². The predicted octanol–water partition coefficient (Wildman–Crippen LogP) is 2.64. The Kier molecular flexibility index (Phi) is 5.08. The molecule has 1 aliphatic rings. The minimum Gasteiger partial charge on any atom is -0.322 e. The average Bonchev–Trinajstić information content (AvgIpc) is 3.32. The molecule has 0 saturated carbocycles. The Labute approximate surface area is 164 Å². The lowest BCUT2D eigenvalue weighted by Crippen LogP contribution is -2.36. The molecule has 0 aliphatic carbocycles. The van der Waals surface area contributed by atoms with Crippen molar-refractivity contribution in [3.63, 3.8) is 0 Å². The van der Waals surface area contributed by atoms with E-state index >= 15 is 0 Å². The fourth-order valence-electron chi connectivity index (χ4n) is 3.45. The van der Waals surface area contributed by atoms with Crippen molar-refractivity contribution in [2.24, 2.45) is 7.05 Å². The van der Waals surface area contributed by atoms with Crippen LogP contribution < -0.4 is 5.32 Å². The molecule has 0 fully saturated rings. The van der Waals surface area contributed by atoms with Crippen molar-refractivity contribution in [2.45, 2.75) is 13.3 Å². The van der Waals surface area contributed by atoms with E-state index in [1.54, 1.807) is 17.1 Å². The summed E-state index contributed by atoms with van der Waals surface area (Å²) in [5, 5.41) is 11.5. The number of hydrogen-bond donors (Lipinski definition) is 1. The molecule has 7 nitrogen and oxygen atoms in total. The molecule has 1 N–H and O–H groups in total.